The van der Waals surface area contributed by atoms with Crippen LogP contribution in [0.25, 0.3) is 0 Å². The molecule has 2 aromatic carbocycles. The van der Waals surface area contributed by atoms with E-state index in [1.54, 1.807) is 36.3 Å². The molecule has 8 nitrogen and oxygen atoms in total. The molecule has 0 aliphatic rings. The predicted octanol–water partition coefficient (Wildman–Crippen LogP) is 4.41. The van der Waals surface area contributed by atoms with Crippen LogP contribution < -0.4 is 14.8 Å². The zero-order chi connectivity index (χ0) is 21.6. The quantitative estimate of drug-likeness (QED) is 0.438. The summed E-state index contributed by atoms with van der Waals surface area (Å²) in [4.78, 5) is 16.5. The molecule has 4 aromatic rings. The second-order valence-electron chi connectivity index (χ2n) is 6.58. The van der Waals surface area contributed by atoms with Gasteiger partial charge < -0.3 is 13.9 Å². The lowest BCUT2D eigenvalue weighted by molar-refractivity contribution is 0.0991. The first-order chi connectivity index (χ1) is 15.1. The Morgan fingerprint density at radius 3 is 2.74 bits per heavy atom. The summed E-state index contributed by atoms with van der Waals surface area (Å²) in [6, 6.07) is 17.9. The Hall–Kier alpha value is -3.78. The zero-order valence-electron chi connectivity index (χ0n) is 16.6. The molecule has 1 N–H and O–H groups in total. The number of rotatable bonds is 8. The number of furan rings is 1. The summed E-state index contributed by atoms with van der Waals surface area (Å²) in [5.74, 6) is 1.71. The molecule has 0 aliphatic carbocycles. The Bertz CT molecular complexity index is 1170. The van der Waals surface area contributed by atoms with Crippen LogP contribution in [0.2, 0.25) is 5.02 Å². The van der Waals surface area contributed by atoms with E-state index in [1.807, 2.05) is 42.5 Å². The van der Waals surface area contributed by atoms with Gasteiger partial charge in [-0.15, -0.1) is 5.10 Å². The minimum absolute atomic E-state index is 0.137. The average Bonchev–Trinajstić information content (AvgIpc) is 3.44. The van der Waals surface area contributed by atoms with Crippen LogP contribution in [0.5, 0.6) is 11.5 Å². The first-order valence-corrected chi connectivity index (χ1v) is 9.77. The fourth-order valence-electron chi connectivity index (χ4n) is 2.79. The minimum Gasteiger partial charge on any atom is -0.497 e. The van der Waals surface area contributed by atoms with E-state index in [0.717, 1.165) is 5.56 Å². The van der Waals surface area contributed by atoms with Gasteiger partial charge in [0.05, 0.1) is 13.7 Å². The molecular weight excluding hydrogens is 420 g/mol. The van der Waals surface area contributed by atoms with E-state index >= 15 is 0 Å². The molecule has 158 valence electrons. The lowest BCUT2D eigenvalue weighted by Crippen LogP contribution is -2.12. The van der Waals surface area contributed by atoms with Gasteiger partial charge in [-0.3, -0.25) is 10.1 Å². The largest absolute Gasteiger partial charge is 0.497 e. The van der Waals surface area contributed by atoms with Crippen LogP contribution in [0.4, 0.5) is 5.95 Å². The van der Waals surface area contributed by atoms with Gasteiger partial charge in [0.1, 0.15) is 30.2 Å². The fourth-order valence-corrected chi connectivity index (χ4v) is 2.92. The molecule has 1 amide bonds. The molecule has 0 unspecified atom stereocenters. The van der Waals surface area contributed by atoms with Crippen LogP contribution in [0.1, 0.15) is 21.9 Å². The van der Waals surface area contributed by atoms with Gasteiger partial charge >= 0.3 is 0 Å². The second-order valence-corrected chi connectivity index (χ2v) is 7.02. The highest BCUT2D eigenvalue weighted by molar-refractivity contribution is 6.30. The highest BCUT2D eigenvalue weighted by Gasteiger charge is 2.14. The van der Waals surface area contributed by atoms with Gasteiger partial charge in [0.25, 0.3) is 5.91 Å². The molecule has 4 rings (SSSR count). The number of halogens is 1. The third kappa shape index (κ3) is 5.43. The molecule has 2 heterocycles. The molecule has 0 spiro atoms. The van der Waals surface area contributed by atoms with Crippen LogP contribution in [-0.4, -0.2) is 27.8 Å². The molecule has 0 fully saturated rings. The lowest BCUT2D eigenvalue weighted by Gasteiger charge is -2.06. The second kappa shape index (κ2) is 9.36. The molecule has 0 aliphatic heterocycles. The van der Waals surface area contributed by atoms with Crippen LogP contribution >= 0.6 is 11.6 Å². The zero-order valence-corrected chi connectivity index (χ0v) is 17.4. The van der Waals surface area contributed by atoms with E-state index in [9.17, 15) is 4.79 Å². The third-order valence-corrected chi connectivity index (χ3v) is 4.58. The number of amides is 1. The number of carbonyl (C=O) groups excluding carboxylic acids is 1. The first kappa shape index (κ1) is 20.5. The normalized spacial score (nSPS) is 10.6. The molecule has 31 heavy (non-hydrogen) atoms. The maximum atomic E-state index is 12.4. The van der Waals surface area contributed by atoms with Crippen LogP contribution in [0.15, 0.2) is 71.4 Å². The molecular formula is C22H19ClN4O4. The van der Waals surface area contributed by atoms with Gasteiger partial charge in [-0.2, -0.15) is 0 Å². The van der Waals surface area contributed by atoms with Gasteiger partial charge in [0.2, 0.25) is 5.95 Å². The number of hydrogen-bond acceptors (Lipinski definition) is 6. The van der Waals surface area contributed by atoms with Gasteiger partial charge in [-0.1, -0.05) is 29.8 Å². The number of anilines is 1. The highest BCUT2D eigenvalue weighted by Crippen LogP contribution is 2.20. The van der Waals surface area contributed by atoms with Crippen molar-refractivity contribution in [3.8, 4) is 11.5 Å². The number of methoxy groups -OCH3 is 1. The van der Waals surface area contributed by atoms with Crippen molar-refractivity contribution < 1.29 is 18.7 Å². The molecule has 0 bridgehead atoms. The Balaban J connectivity index is 1.32. The third-order valence-electron chi connectivity index (χ3n) is 4.33. The number of ether oxygens (including phenoxy) is 2. The molecule has 0 atom stereocenters. The van der Waals surface area contributed by atoms with E-state index in [4.69, 9.17) is 25.5 Å². The molecule has 0 saturated carbocycles. The van der Waals surface area contributed by atoms with Crippen LogP contribution in [0.3, 0.4) is 0 Å². The van der Waals surface area contributed by atoms with Crippen molar-refractivity contribution in [3.63, 3.8) is 0 Å². The predicted molar refractivity (Wildman–Crippen MR) is 115 cm³/mol. The van der Waals surface area contributed by atoms with Crippen molar-refractivity contribution in [2.24, 2.45) is 0 Å². The summed E-state index contributed by atoms with van der Waals surface area (Å²) in [5, 5.41) is 7.54. The Labute approximate surface area is 183 Å². The molecule has 0 saturated heterocycles. The van der Waals surface area contributed by atoms with Gasteiger partial charge in [0.15, 0.2) is 5.76 Å². The Kier molecular flexibility index (Phi) is 6.18. The summed E-state index contributed by atoms with van der Waals surface area (Å²) in [7, 11) is 1.59. The number of hydrogen-bond donors (Lipinski definition) is 1. The number of nitrogens with zero attached hydrogens (tertiary/aromatic N) is 3. The van der Waals surface area contributed by atoms with Crippen molar-refractivity contribution in [2.45, 2.75) is 13.2 Å². The first-order valence-electron chi connectivity index (χ1n) is 9.40. The van der Waals surface area contributed by atoms with Crippen molar-refractivity contribution in [1.82, 2.24) is 14.8 Å². The molecule has 0 radical (unpaired) electrons. The van der Waals surface area contributed by atoms with Gasteiger partial charge in [-0.05, 0) is 42.0 Å². The summed E-state index contributed by atoms with van der Waals surface area (Å²) in [6.07, 6.45) is 1.54. The number of nitrogens with one attached hydrogen (secondary N) is 1. The minimum atomic E-state index is -0.447. The van der Waals surface area contributed by atoms with Crippen molar-refractivity contribution in [3.05, 3.63) is 89.1 Å². The van der Waals surface area contributed by atoms with E-state index in [-0.39, 0.29) is 18.3 Å². The van der Waals surface area contributed by atoms with Gasteiger partial charge in [0, 0.05) is 11.1 Å². The van der Waals surface area contributed by atoms with Crippen molar-refractivity contribution >= 4 is 23.5 Å². The summed E-state index contributed by atoms with van der Waals surface area (Å²) >= 11 is 5.90. The average molecular weight is 439 g/mol. The molecule has 2 aromatic heterocycles. The van der Waals surface area contributed by atoms with Gasteiger partial charge in [-0.25, -0.2) is 9.67 Å². The van der Waals surface area contributed by atoms with E-state index in [2.05, 4.69) is 15.4 Å². The number of benzene rings is 2. The van der Waals surface area contributed by atoms with Crippen molar-refractivity contribution in [2.75, 3.05) is 12.4 Å². The van der Waals surface area contributed by atoms with Crippen molar-refractivity contribution in [1.29, 1.82) is 0 Å². The smallest absolute Gasteiger partial charge is 0.293 e. The van der Waals surface area contributed by atoms with Crippen LogP contribution in [-0.2, 0) is 13.2 Å². The van der Waals surface area contributed by atoms with Crippen LogP contribution in [0, 0.1) is 0 Å². The maximum Gasteiger partial charge on any atom is 0.293 e. The van der Waals surface area contributed by atoms with E-state index < -0.39 is 5.91 Å². The number of carbonyl (C=O) groups is 1. The molecule has 9 heteroatoms. The van der Waals surface area contributed by atoms with E-state index in [0.29, 0.717) is 28.8 Å². The SMILES string of the molecule is COc1cccc(OCc2ccc(C(=O)Nc3ncn(Cc4ccc(Cl)cc4)n3)o2)c1. The Morgan fingerprint density at radius 1 is 1.13 bits per heavy atom. The Morgan fingerprint density at radius 2 is 1.94 bits per heavy atom. The topological polar surface area (TPSA) is 91.4 Å². The van der Waals surface area contributed by atoms with E-state index in [1.165, 1.54) is 0 Å². The summed E-state index contributed by atoms with van der Waals surface area (Å²) in [5.41, 5.74) is 1.01. The fraction of sp³-hybridized carbons (Fsp3) is 0.136. The standard InChI is InChI=1S/C22H19ClN4O4/c1-29-17-3-2-4-18(11-17)30-13-19-9-10-20(31-19)21(28)25-22-24-14-27(26-22)12-15-5-7-16(23)8-6-15/h2-11,14H,12-13H2,1H3,(H,25,26,28). The monoisotopic (exact) mass is 438 g/mol. The summed E-state index contributed by atoms with van der Waals surface area (Å²) in [6.45, 7) is 0.682. The number of aromatic nitrogens is 3. The lowest BCUT2D eigenvalue weighted by atomic mass is 10.2. The highest BCUT2D eigenvalue weighted by atomic mass is 35.5. The summed E-state index contributed by atoms with van der Waals surface area (Å²) < 4.78 is 18.0. The maximum absolute atomic E-state index is 12.4.